The number of rotatable bonds is 6. The Morgan fingerprint density at radius 2 is 2.00 bits per heavy atom. The van der Waals surface area contributed by atoms with E-state index in [-0.39, 0.29) is 10.6 Å². The lowest BCUT2D eigenvalue weighted by Crippen LogP contribution is -2.45. The van der Waals surface area contributed by atoms with Crippen molar-refractivity contribution in [1.29, 1.82) is 0 Å². The van der Waals surface area contributed by atoms with Crippen LogP contribution in [0.15, 0.2) is 34.5 Å². The van der Waals surface area contributed by atoms with E-state index >= 15 is 0 Å². The second-order valence-electron chi connectivity index (χ2n) is 7.74. The van der Waals surface area contributed by atoms with Crippen LogP contribution in [0.5, 0.6) is 0 Å². The SMILES string of the molecule is Cc1sc2ncn(CCN3CCN(C)CC3)c(=O)c2c1C(=O)Nc1ccc([S+](N)[O-])nc1. The van der Waals surface area contributed by atoms with Crippen LogP contribution in [0, 0.1) is 6.92 Å². The van der Waals surface area contributed by atoms with Crippen LogP contribution < -0.4 is 16.0 Å². The van der Waals surface area contributed by atoms with Crippen molar-refractivity contribution in [3.8, 4) is 0 Å². The molecule has 0 spiro atoms. The van der Waals surface area contributed by atoms with Gasteiger partial charge in [0.1, 0.15) is 4.83 Å². The number of carbonyl (C=O) groups excluding carboxylic acids is 1. The Hall–Kier alpha value is -2.35. The van der Waals surface area contributed by atoms with Crippen molar-refractivity contribution in [2.75, 3.05) is 45.1 Å². The highest BCUT2D eigenvalue weighted by atomic mass is 32.2. The van der Waals surface area contributed by atoms with Gasteiger partial charge >= 0.3 is 0 Å². The zero-order valence-corrected chi connectivity index (χ0v) is 19.5. The van der Waals surface area contributed by atoms with Crippen LogP contribution in [0.1, 0.15) is 15.2 Å². The van der Waals surface area contributed by atoms with Crippen molar-refractivity contribution in [2.24, 2.45) is 5.14 Å². The van der Waals surface area contributed by atoms with Crippen LogP contribution in [-0.4, -0.2) is 74.6 Å². The number of amides is 1. The van der Waals surface area contributed by atoms with Crippen molar-refractivity contribution in [2.45, 2.75) is 18.5 Å². The highest BCUT2D eigenvalue weighted by Crippen LogP contribution is 2.27. The standard InChI is InChI=1S/C20H25N7O3S2/c1-13-16(18(28)24-14-3-4-15(22-11-14)32(21)30)17-19(31-13)23-12-27(20(17)29)10-9-26-7-5-25(2)6-8-26/h3-4,11-12H,5-10,21H2,1-2H3,(H,24,28). The summed E-state index contributed by atoms with van der Waals surface area (Å²) in [5.74, 6) is -0.409. The second kappa shape index (κ2) is 9.65. The van der Waals surface area contributed by atoms with Gasteiger partial charge in [0.05, 0.1) is 40.5 Å². The lowest BCUT2D eigenvalue weighted by atomic mass is 10.1. The Morgan fingerprint density at radius 1 is 1.25 bits per heavy atom. The van der Waals surface area contributed by atoms with Gasteiger partial charge in [-0.1, -0.05) is 0 Å². The van der Waals surface area contributed by atoms with E-state index in [1.54, 1.807) is 23.9 Å². The van der Waals surface area contributed by atoms with Crippen molar-refractivity contribution in [3.05, 3.63) is 45.5 Å². The molecule has 0 bridgehead atoms. The van der Waals surface area contributed by atoms with E-state index in [2.05, 4.69) is 32.1 Å². The average molecular weight is 476 g/mol. The molecular weight excluding hydrogens is 450 g/mol. The number of nitrogens with two attached hydrogens (primary N) is 1. The summed E-state index contributed by atoms with van der Waals surface area (Å²) in [5.41, 5.74) is 0.524. The minimum atomic E-state index is -1.69. The zero-order chi connectivity index (χ0) is 22.8. The summed E-state index contributed by atoms with van der Waals surface area (Å²) < 4.78 is 12.9. The van der Waals surface area contributed by atoms with Gasteiger partial charge in [0.15, 0.2) is 0 Å². The van der Waals surface area contributed by atoms with Gasteiger partial charge in [-0.25, -0.2) is 9.97 Å². The summed E-state index contributed by atoms with van der Waals surface area (Å²) >= 11 is -0.374. The van der Waals surface area contributed by atoms with Crippen LogP contribution in [0.4, 0.5) is 5.69 Å². The number of likely N-dealkylation sites (N-methyl/N-ethyl adjacent to an activating group) is 1. The summed E-state index contributed by atoms with van der Waals surface area (Å²) in [7, 11) is 2.11. The van der Waals surface area contributed by atoms with Crippen LogP contribution in [0.25, 0.3) is 10.2 Å². The largest absolute Gasteiger partial charge is 0.592 e. The topological polar surface area (TPSA) is 132 Å². The number of thiophene rings is 1. The maximum atomic E-state index is 13.2. The number of anilines is 1. The molecular formula is C20H25N7O3S2. The zero-order valence-electron chi connectivity index (χ0n) is 17.9. The Labute approximate surface area is 192 Å². The van der Waals surface area contributed by atoms with E-state index in [1.165, 1.54) is 23.6 Å². The Balaban J connectivity index is 1.56. The molecule has 0 aromatic carbocycles. The number of piperazine rings is 1. The fourth-order valence-electron chi connectivity index (χ4n) is 3.66. The van der Waals surface area contributed by atoms with Gasteiger partial charge in [0, 0.05) is 50.2 Å². The number of carbonyl (C=O) groups is 1. The number of aromatic nitrogens is 3. The molecule has 4 rings (SSSR count). The first kappa shape index (κ1) is 22.8. The summed E-state index contributed by atoms with van der Waals surface area (Å²) in [5, 5.41) is 8.61. The molecule has 1 aliphatic heterocycles. The van der Waals surface area contributed by atoms with Gasteiger partial charge in [0.2, 0.25) is 0 Å². The van der Waals surface area contributed by atoms with E-state index in [4.69, 9.17) is 5.14 Å². The van der Waals surface area contributed by atoms with E-state index in [1.807, 2.05) is 0 Å². The highest BCUT2D eigenvalue weighted by molar-refractivity contribution is 7.89. The lowest BCUT2D eigenvalue weighted by Gasteiger charge is -2.32. The monoisotopic (exact) mass is 475 g/mol. The molecule has 3 aromatic rings. The van der Waals surface area contributed by atoms with E-state index < -0.39 is 17.3 Å². The molecule has 1 amide bonds. The predicted molar refractivity (Wildman–Crippen MR) is 125 cm³/mol. The van der Waals surface area contributed by atoms with Gasteiger partial charge < -0.3 is 14.8 Å². The summed E-state index contributed by atoms with van der Waals surface area (Å²) in [6.45, 7) is 7.03. The highest BCUT2D eigenvalue weighted by Gasteiger charge is 2.22. The smallest absolute Gasteiger partial charge is 0.265 e. The number of hydrogen-bond donors (Lipinski definition) is 2. The summed E-state index contributed by atoms with van der Waals surface area (Å²) in [6.07, 6.45) is 2.95. The molecule has 32 heavy (non-hydrogen) atoms. The third kappa shape index (κ3) is 4.85. The molecule has 4 heterocycles. The number of fused-ring (bicyclic) bond motifs is 1. The predicted octanol–water partition coefficient (Wildman–Crippen LogP) is 0.642. The molecule has 0 aliphatic carbocycles. The molecule has 1 aliphatic rings. The quantitative estimate of drug-likeness (QED) is 0.497. The molecule has 3 aromatic heterocycles. The van der Waals surface area contributed by atoms with Crippen molar-refractivity contribution in [3.63, 3.8) is 0 Å². The lowest BCUT2D eigenvalue weighted by molar-refractivity contribution is 0.102. The molecule has 12 heteroatoms. The number of aryl methyl sites for hydroxylation is 1. The van der Waals surface area contributed by atoms with Crippen LogP contribution >= 0.6 is 11.3 Å². The molecule has 3 N–H and O–H groups in total. The fraction of sp³-hybridized carbons (Fsp3) is 0.400. The Morgan fingerprint density at radius 3 is 2.66 bits per heavy atom. The van der Waals surface area contributed by atoms with Gasteiger partial charge in [0.25, 0.3) is 16.5 Å². The third-order valence-corrected chi connectivity index (χ3v) is 7.20. The van der Waals surface area contributed by atoms with E-state index in [9.17, 15) is 14.1 Å². The minimum Gasteiger partial charge on any atom is -0.592 e. The molecule has 1 unspecified atom stereocenters. The molecule has 0 radical (unpaired) electrons. The Bertz CT molecular complexity index is 1170. The summed E-state index contributed by atoms with van der Waals surface area (Å²) in [4.78, 5) is 40.5. The summed E-state index contributed by atoms with van der Waals surface area (Å²) in [6, 6.07) is 3.05. The van der Waals surface area contributed by atoms with Gasteiger partial charge in [-0.05, 0) is 20.0 Å². The van der Waals surface area contributed by atoms with E-state index in [0.717, 1.165) is 32.7 Å². The first-order valence-electron chi connectivity index (χ1n) is 10.2. The normalized spacial score (nSPS) is 16.4. The molecule has 1 saturated heterocycles. The maximum absolute atomic E-state index is 13.2. The van der Waals surface area contributed by atoms with Crippen molar-refractivity contribution in [1.82, 2.24) is 24.3 Å². The fourth-order valence-corrected chi connectivity index (χ4v) is 4.99. The van der Waals surface area contributed by atoms with E-state index in [0.29, 0.717) is 32.9 Å². The van der Waals surface area contributed by atoms with Crippen molar-refractivity contribution < 1.29 is 9.35 Å². The number of hydrogen-bond acceptors (Lipinski definition) is 9. The number of nitrogens with one attached hydrogen (secondary N) is 1. The molecule has 1 atom stereocenters. The van der Waals surface area contributed by atoms with Gasteiger partial charge in [-0.15, -0.1) is 16.5 Å². The van der Waals surface area contributed by atoms with Crippen molar-refractivity contribution >= 4 is 44.5 Å². The van der Waals surface area contributed by atoms with Gasteiger partial charge in [-0.2, -0.15) is 0 Å². The van der Waals surface area contributed by atoms with Crippen LogP contribution in [-0.2, 0) is 17.9 Å². The Kier molecular flexibility index (Phi) is 6.88. The molecule has 170 valence electrons. The first-order valence-corrected chi connectivity index (χ1v) is 12.2. The third-order valence-electron chi connectivity index (χ3n) is 5.54. The van der Waals surface area contributed by atoms with Crippen LogP contribution in [0.3, 0.4) is 0 Å². The average Bonchev–Trinajstić information content (AvgIpc) is 3.11. The minimum absolute atomic E-state index is 0.215. The number of nitrogens with zero attached hydrogens (tertiary/aromatic N) is 5. The molecule has 10 nitrogen and oxygen atoms in total. The maximum Gasteiger partial charge on any atom is 0.265 e. The molecule has 1 fully saturated rings. The number of pyridine rings is 1. The first-order chi connectivity index (χ1) is 15.3. The van der Waals surface area contributed by atoms with Gasteiger partial charge in [-0.3, -0.25) is 19.1 Å². The van der Waals surface area contributed by atoms with Crippen LogP contribution in [0.2, 0.25) is 0 Å². The second-order valence-corrected chi connectivity index (χ2v) is 9.95. The molecule has 0 saturated carbocycles.